The number of rotatable bonds is 2. The Morgan fingerprint density at radius 1 is 1.21 bits per heavy atom. The van der Waals surface area contributed by atoms with Crippen LogP contribution >= 0.6 is 0 Å². The Morgan fingerprint density at radius 2 is 1.71 bits per heavy atom. The molecule has 0 spiro atoms. The average Bonchev–Trinajstić information content (AvgIpc) is 2.02. The molecule has 1 fully saturated rings. The van der Waals surface area contributed by atoms with Gasteiger partial charge in [-0.1, -0.05) is 34.6 Å². The summed E-state index contributed by atoms with van der Waals surface area (Å²) >= 11 is 0. The molecule has 1 saturated heterocycles. The predicted octanol–water partition coefficient (Wildman–Crippen LogP) is 2.84. The van der Waals surface area contributed by atoms with Gasteiger partial charge in [-0.05, 0) is 17.7 Å². The zero-order chi connectivity index (χ0) is 10.8. The van der Waals surface area contributed by atoms with Gasteiger partial charge in [-0.15, -0.1) is 0 Å². The maximum absolute atomic E-state index is 5.71. The zero-order valence-corrected chi connectivity index (χ0v) is 10.2. The van der Waals surface area contributed by atoms with Crippen LogP contribution in [0.2, 0.25) is 6.32 Å². The van der Waals surface area contributed by atoms with Crippen molar-refractivity contribution in [3.63, 3.8) is 0 Å². The van der Waals surface area contributed by atoms with Crippen molar-refractivity contribution in [2.75, 3.05) is 13.2 Å². The lowest BCUT2D eigenvalue weighted by molar-refractivity contribution is 0.0229. The minimum absolute atomic E-state index is 0.0357. The topological polar surface area (TPSA) is 18.5 Å². The standard InChI is InChI=1S/C11H23BO2/c1-9(2)6-12-13-7-10(8-14-12)11(3,4)5/h9-10H,6-8H2,1-5H3. The SMILES string of the molecule is CC(C)CB1OCC(C(C)(C)C)CO1. The molecule has 0 aromatic carbocycles. The van der Waals surface area contributed by atoms with Gasteiger partial charge in [-0.2, -0.15) is 0 Å². The van der Waals surface area contributed by atoms with Crippen molar-refractivity contribution in [1.29, 1.82) is 0 Å². The molecule has 0 saturated carbocycles. The monoisotopic (exact) mass is 198 g/mol. The highest BCUT2D eigenvalue weighted by Crippen LogP contribution is 2.29. The van der Waals surface area contributed by atoms with E-state index in [1.54, 1.807) is 0 Å². The molecule has 1 rings (SSSR count). The van der Waals surface area contributed by atoms with Crippen LogP contribution in [-0.2, 0) is 9.31 Å². The Balaban J connectivity index is 2.31. The molecule has 1 aliphatic rings. The summed E-state index contributed by atoms with van der Waals surface area (Å²) in [5.74, 6) is 1.18. The zero-order valence-electron chi connectivity index (χ0n) is 10.2. The van der Waals surface area contributed by atoms with Crippen LogP contribution in [0.25, 0.3) is 0 Å². The molecule has 0 unspecified atom stereocenters. The molecule has 0 aromatic rings. The van der Waals surface area contributed by atoms with Crippen LogP contribution in [0.1, 0.15) is 34.6 Å². The van der Waals surface area contributed by atoms with E-state index in [1.165, 1.54) is 0 Å². The van der Waals surface area contributed by atoms with Crippen LogP contribution in [-0.4, -0.2) is 20.3 Å². The molecular formula is C11H23BO2. The number of hydrogen-bond acceptors (Lipinski definition) is 2. The highest BCUT2D eigenvalue weighted by Gasteiger charge is 2.33. The van der Waals surface area contributed by atoms with Crippen molar-refractivity contribution >= 4 is 7.12 Å². The fourth-order valence-electron chi connectivity index (χ4n) is 1.56. The van der Waals surface area contributed by atoms with Crippen LogP contribution in [0.5, 0.6) is 0 Å². The van der Waals surface area contributed by atoms with Crippen molar-refractivity contribution in [1.82, 2.24) is 0 Å². The Morgan fingerprint density at radius 3 is 2.07 bits per heavy atom. The van der Waals surface area contributed by atoms with Crippen molar-refractivity contribution in [3.8, 4) is 0 Å². The van der Waals surface area contributed by atoms with Gasteiger partial charge in [0.2, 0.25) is 0 Å². The second kappa shape index (κ2) is 4.67. The van der Waals surface area contributed by atoms with Gasteiger partial charge < -0.3 is 9.31 Å². The fraction of sp³-hybridized carbons (Fsp3) is 1.00. The minimum atomic E-state index is 0.0357. The maximum atomic E-state index is 5.71. The Labute approximate surface area is 88.5 Å². The first kappa shape index (κ1) is 12.1. The molecule has 1 aliphatic heterocycles. The third-order valence-corrected chi connectivity index (χ3v) is 2.86. The quantitative estimate of drug-likeness (QED) is 0.635. The van der Waals surface area contributed by atoms with E-state index in [-0.39, 0.29) is 7.12 Å². The third kappa shape index (κ3) is 3.62. The average molecular weight is 198 g/mol. The predicted molar refractivity (Wildman–Crippen MR) is 60.2 cm³/mol. The van der Waals surface area contributed by atoms with E-state index < -0.39 is 0 Å². The molecule has 1 heterocycles. The van der Waals surface area contributed by atoms with E-state index in [2.05, 4.69) is 34.6 Å². The largest absolute Gasteiger partial charge is 0.457 e. The number of hydrogen-bond donors (Lipinski definition) is 0. The summed E-state index contributed by atoms with van der Waals surface area (Å²) in [5, 5.41) is 0. The molecule has 0 N–H and O–H groups in total. The Bertz CT molecular complexity index is 167. The van der Waals surface area contributed by atoms with Gasteiger partial charge in [0.25, 0.3) is 0 Å². The molecule has 0 atom stereocenters. The van der Waals surface area contributed by atoms with Gasteiger partial charge in [0.15, 0.2) is 0 Å². The van der Waals surface area contributed by atoms with Crippen LogP contribution in [0.15, 0.2) is 0 Å². The van der Waals surface area contributed by atoms with Crippen molar-refractivity contribution in [2.24, 2.45) is 17.3 Å². The summed E-state index contributed by atoms with van der Waals surface area (Å²) in [6.45, 7) is 12.8. The van der Waals surface area contributed by atoms with Gasteiger partial charge in [0, 0.05) is 19.1 Å². The molecule has 0 aliphatic carbocycles. The van der Waals surface area contributed by atoms with Crippen molar-refractivity contribution in [2.45, 2.75) is 40.9 Å². The molecular weight excluding hydrogens is 175 g/mol. The third-order valence-electron chi connectivity index (χ3n) is 2.86. The summed E-state index contributed by atoms with van der Waals surface area (Å²) in [6.07, 6.45) is 1.01. The molecule has 3 heteroatoms. The van der Waals surface area contributed by atoms with Gasteiger partial charge in [-0.3, -0.25) is 0 Å². The molecule has 2 nitrogen and oxygen atoms in total. The molecule has 0 bridgehead atoms. The van der Waals surface area contributed by atoms with Gasteiger partial charge in [0.05, 0.1) is 0 Å². The maximum Gasteiger partial charge on any atom is 0.457 e. The van der Waals surface area contributed by atoms with Crippen LogP contribution in [0.4, 0.5) is 0 Å². The first-order chi connectivity index (χ1) is 6.39. The summed E-state index contributed by atoms with van der Waals surface area (Å²) in [5.41, 5.74) is 0.294. The lowest BCUT2D eigenvalue weighted by Crippen LogP contribution is -2.41. The highest BCUT2D eigenvalue weighted by molar-refractivity contribution is 6.44. The fourth-order valence-corrected chi connectivity index (χ4v) is 1.56. The summed E-state index contributed by atoms with van der Waals surface area (Å²) < 4.78 is 11.4. The molecule has 0 amide bonds. The Hall–Kier alpha value is -0.0151. The summed E-state index contributed by atoms with van der Waals surface area (Å²) in [6, 6.07) is 0. The second-order valence-electron chi connectivity index (χ2n) is 5.79. The summed E-state index contributed by atoms with van der Waals surface area (Å²) in [4.78, 5) is 0. The van der Waals surface area contributed by atoms with Crippen LogP contribution < -0.4 is 0 Å². The van der Waals surface area contributed by atoms with Crippen LogP contribution in [0.3, 0.4) is 0 Å². The van der Waals surface area contributed by atoms with E-state index in [0.29, 0.717) is 17.3 Å². The van der Waals surface area contributed by atoms with E-state index >= 15 is 0 Å². The van der Waals surface area contributed by atoms with Gasteiger partial charge in [-0.25, -0.2) is 0 Å². The molecule has 82 valence electrons. The Kier molecular flexibility index (Phi) is 4.02. The first-order valence-electron chi connectivity index (χ1n) is 5.63. The van der Waals surface area contributed by atoms with E-state index in [9.17, 15) is 0 Å². The van der Waals surface area contributed by atoms with Gasteiger partial charge >= 0.3 is 7.12 Å². The van der Waals surface area contributed by atoms with E-state index in [4.69, 9.17) is 9.31 Å². The van der Waals surface area contributed by atoms with E-state index in [1.807, 2.05) is 0 Å². The molecule has 14 heavy (non-hydrogen) atoms. The molecule has 0 aromatic heterocycles. The van der Waals surface area contributed by atoms with Crippen LogP contribution in [0, 0.1) is 17.3 Å². The highest BCUT2D eigenvalue weighted by atomic mass is 16.6. The normalized spacial score (nSPS) is 20.6. The molecule has 0 radical (unpaired) electrons. The second-order valence-corrected chi connectivity index (χ2v) is 5.79. The smallest absolute Gasteiger partial charge is 0.411 e. The van der Waals surface area contributed by atoms with Crippen molar-refractivity contribution < 1.29 is 9.31 Å². The lowest BCUT2D eigenvalue weighted by atomic mass is 9.74. The van der Waals surface area contributed by atoms with Gasteiger partial charge in [0.1, 0.15) is 0 Å². The first-order valence-corrected chi connectivity index (χ1v) is 5.63. The summed E-state index contributed by atoms with van der Waals surface area (Å²) in [7, 11) is 0.0357. The van der Waals surface area contributed by atoms with E-state index in [0.717, 1.165) is 19.5 Å². The lowest BCUT2D eigenvalue weighted by Gasteiger charge is -2.36. The minimum Gasteiger partial charge on any atom is -0.411 e. The van der Waals surface area contributed by atoms with Crippen molar-refractivity contribution in [3.05, 3.63) is 0 Å².